The lowest BCUT2D eigenvalue weighted by molar-refractivity contribution is 0.589. The molecule has 1 saturated heterocycles. The van der Waals surface area contributed by atoms with Gasteiger partial charge in [-0.3, -0.25) is 0 Å². The Labute approximate surface area is 114 Å². The summed E-state index contributed by atoms with van der Waals surface area (Å²) >= 11 is 2.04. The highest BCUT2D eigenvalue weighted by atomic mass is 32.2. The van der Waals surface area contributed by atoms with Gasteiger partial charge < -0.3 is 10.2 Å². The van der Waals surface area contributed by atoms with E-state index < -0.39 is 0 Å². The van der Waals surface area contributed by atoms with Crippen LogP contribution in [0.4, 0.5) is 5.82 Å². The minimum Gasteiger partial charge on any atom is -0.356 e. The summed E-state index contributed by atoms with van der Waals surface area (Å²) in [7, 11) is 2.18. The third-order valence-corrected chi connectivity index (χ3v) is 4.73. The molecule has 1 aromatic rings. The second kappa shape index (κ2) is 6.43. The van der Waals surface area contributed by atoms with Gasteiger partial charge in [0.25, 0.3) is 0 Å². The highest BCUT2D eigenvalue weighted by Gasteiger charge is 2.23. The maximum Gasteiger partial charge on any atom is 0.133 e. The molecule has 2 atom stereocenters. The number of nitrogens with one attached hydrogen (secondary N) is 1. The third-order valence-electron chi connectivity index (χ3n) is 3.58. The van der Waals surface area contributed by atoms with Crippen molar-refractivity contribution in [2.24, 2.45) is 0 Å². The molecule has 0 aromatic carbocycles. The van der Waals surface area contributed by atoms with Crippen LogP contribution >= 0.6 is 11.8 Å². The Balaban J connectivity index is 2.20. The quantitative estimate of drug-likeness (QED) is 0.886. The Morgan fingerprint density at radius 2 is 2.44 bits per heavy atom. The molecule has 1 aliphatic rings. The topological polar surface area (TPSA) is 28.2 Å². The van der Waals surface area contributed by atoms with E-state index >= 15 is 0 Å². The number of aromatic nitrogens is 1. The van der Waals surface area contributed by atoms with E-state index in [0.717, 1.165) is 12.4 Å². The Hall–Kier alpha value is -0.740. The molecule has 2 heterocycles. The van der Waals surface area contributed by atoms with Crippen LogP contribution in [0.15, 0.2) is 18.3 Å². The van der Waals surface area contributed by atoms with Crippen molar-refractivity contribution in [2.75, 3.05) is 30.0 Å². The summed E-state index contributed by atoms with van der Waals surface area (Å²) in [6.45, 7) is 5.34. The molecule has 0 saturated carbocycles. The fraction of sp³-hybridized carbons (Fsp3) is 0.643. The van der Waals surface area contributed by atoms with Crippen LogP contribution in [0.1, 0.15) is 31.9 Å². The lowest BCUT2D eigenvalue weighted by Gasteiger charge is -2.28. The normalized spacial score (nSPS) is 20.9. The van der Waals surface area contributed by atoms with Gasteiger partial charge in [0.2, 0.25) is 0 Å². The number of pyridine rings is 1. The first-order valence-electron chi connectivity index (χ1n) is 6.73. The van der Waals surface area contributed by atoms with E-state index in [9.17, 15) is 0 Å². The van der Waals surface area contributed by atoms with Gasteiger partial charge >= 0.3 is 0 Å². The largest absolute Gasteiger partial charge is 0.356 e. The minimum atomic E-state index is 0.357. The van der Waals surface area contributed by atoms with Crippen molar-refractivity contribution in [1.29, 1.82) is 0 Å². The number of rotatable bonds is 5. The molecule has 2 rings (SSSR count). The van der Waals surface area contributed by atoms with E-state index in [1.165, 1.54) is 23.5 Å². The van der Waals surface area contributed by atoms with Crippen molar-refractivity contribution >= 4 is 17.6 Å². The molecule has 0 aliphatic carbocycles. The highest BCUT2D eigenvalue weighted by molar-refractivity contribution is 7.99. The summed E-state index contributed by atoms with van der Waals surface area (Å²) < 4.78 is 0. The number of hydrogen-bond donors (Lipinski definition) is 1. The molecule has 18 heavy (non-hydrogen) atoms. The standard InChI is InChI=1S/C14H23N3S/c1-4-15-11(2)13-6-5-8-16-14(13)17(3)12-7-9-18-10-12/h5-6,8,11-12,15H,4,7,9-10H2,1-3H3. The van der Waals surface area contributed by atoms with Gasteiger partial charge in [0.15, 0.2) is 0 Å². The average Bonchev–Trinajstić information content (AvgIpc) is 2.92. The summed E-state index contributed by atoms with van der Waals surface area (Å²) in [5.74, 6) is 3.64. The number of nitrogens with zero attached hydrogens (tertiary/aromatic N) is 2. The summed E-state index contributed by atoms with van der Waals surface area (Å²) in [5, 5.41) is 3.48. The van der Waals surface area contributed by atoms with Crippen molar-refractivity contribution in [3.8, 4) is 0 Å². The zero-order valence-electron chi connectivity index (χ0n) is 11.5. The van der Waals surface area contributed by atoms with Gasteiger partial charge in [-0.2, -0.15) is 11.8 Å². The second-order valence-electron chi connectivity index (χ2n) is 4.82. The van der Waals surface area contributed by atoms with Crippen LogP contribution in [-0.2, 0) is 0 Å². The van der Waals surface area contributed by atoms with E-state index in [1.54, 1.807) is 0 Å². The SMILES string of the molecule is CCNC(C)c1cccnc1N(C)C1CCSC1. The highest BCUT2D eigenvalue weighted by Crippen LogP contribution is 2.29. The summed E-state index contributed by atoms with van der Waals surface area (Å²) in [4.78, 5) is 6.97. The number of hydrogen-bond acceptors (Lipinski definition) is 4. The van der Waals surface area contributed by atoms with Gasteiger partial charge in [-0.25, -0.2) is 4.98 Å². The van der Waals surface area contributed by atoms with Gasteiger partial charge in [0.1, 0.15) is 5.82 Å². The molecule has 0 radical (unpaired) electrons. The van der Waals surface area contributed by atoms with Crippen molar-refractivity contribution in [3.05, 3.63) is 23.9 Å². The first-order valence-corrected chi connectivity index (χ1v) is 7.88. The van der Waals surface area contributed by atoms with Gasteiger partial charge in [-0.05, 0) is 31.7 Å². The fourth-order valence-electron chi connectivity index (χ4n) is 2.46. The molecule has 1 N–H and O–H groups in total. The van der Waals surface area contributed by atoms with Crippen LogP contribution < -0.4 is 10.2 Å². The van der Waals surface area contributed by atoms with Crippen LogP contribution in [0.5, 0.6) is 0 Å². The second-order valence-corrected chi connectivity index (χ2v) is 5.97. The smallest absolute Gasteiger partial charge is 0.133 e. The van der Waals surface area contributed by atoms with Gasteiger partial charge in [-0.15, -0.1) is 0 Å². The minimum absolute atomic E-state index is 0.357. The van der Waals surface area contributed by atoms with E-state index in [0.29, 0.717) is 12.1 Å². The molecule has 4 heteroatoms. The van der Waals surface area contributed by atoms with Gasteiger partial charge in [0, 0.05) is 36.6 Å². The molecule has 0 amide bonds. The first-order chi connectivity index (χ1) is 8.74. The van der Waals surface area contributed by atoms with Crippen LogP contribution in [0.2, 0.25) is 0 Å². The molecule has 3 nitrogen and oxygen atoms in total. The van der Waals surface area contributed by atoms with Crippen molar-refractivity contribution < 1.29 is 0 Å². The monoisotopic (exact) mass is 265 g/mol. The Bertz CT molecular complexity index is 377. The lowest BCUT2D eigenvalue weighted by atomic mass is 10.1. The van der Waals surface area contributed by atoms with E-state index in [4.69, 9.17) is 0 Å². The average molecular weight is 265 g/mol. The maximum absolute atomic E-state index is 4.60. The maximum atomic E-state index is 4.60. The lowest BCUT2D eigenvalue weighted by Crippen LogP contribution is -2.33. The van der Waals surface area contributed by atoms with Gasteiger partial charge in [0.05, 0.1) is 0 Å². The predicted molar refractivity (Wildman–Crippen MR) is 80.5 cm³/mol. The molecule has 0 bridgehead atoms. The summed E-state index contributed by atoms with van der Waals surface area (Å²) in [5.41, 5.74) is 1.30. The number of anilines is 1. The van der Waals surface area contributed by atoms with Gasteiger partial charge in [-0.1, -0.05) is 13.0 Å². The van der Waals surface area contributed by atoms with Crippen LogP contribution in [0.3, 0.4) is 0 Å². The van der Waals surface area contributed by atoms with Crippen LogP contribution in [0.25, 0.3) is 0 Å². The van der Waals surface area contributed by atoms with Crippen molar-refractivity contribution in [2.45, 2.75) is 32.4 Å². The van der Waals surface area contributed by atoms with Crippen LogP contribution in [0, 0.1) is 0 Å². The molecule has 2 unspecified atom stereocenters. The molecule has 1 aliphatic heterocycles. The molecular formula is C14H23N3S. The first kappa shape index (κ1) is 13.7. The molecule has 100 valence electrons. The predicted octanol–water partition coefficient (Wildman–Crippen LogP) is 2.69. The van der Waals surface area contributed by atoms with Crippen molar-refractivity contribution in [1.82, 2.24) is 10.3 Å². The molecule has 1 fully saturated rings. The zero-order valence-corrected chi connectivity index (χ0v) is 12.3. The molecule has 0 spiro atoms. The Morgan fingerprint density at radius 1 is 1.61 bits per heavy atom. The molecular weight excluding hydrogens is 242 g/mol. The molecule has 1 aromatic heterocycles. The summed E-state index contributed by atoms with van der Waals surface area (Å²) in [6.07, 6.45) is 3.17. The number of thioether (sulfide) groups is 1. The van der Waals surface area contributed by atoms with Crippen LogP contribution in [-0.4, -0.2) is 36.1 Å². The van der Waals surface area contributed by atoms with E-state index in [2.05, 4.69) is 42.2 Å². The van der Waals surface area contributed by atoms with E-state index in [1.807, 2.05) is 24.0 Å². The summed E-state index contributed by atoms with van der Waals surface area (Å²) in [6, 6.07) is 5.21. The zero-order chi connectivity index (χ0) is 13.0. The van der Waals surface area contributed by atoms with E-state index in [-0.39, 0.29) is 0 Å². The third kappa shape index (κ3) is 2.98. The van der Waals surface area contributed by atoms with Crippen molar-refractivity contribution in [3.63, 3.8) is 0 Å². The fourth-order valence-corrected chi connectivity index (χ4v) is 3.73. The Morgan fingerprint density at radius 3 is 3.11 bits per heavy atom. The Kier molecular flexibility index (Phi) is 4.89.